The van der Waals surface area contributed by atoms with Crippen molar-refractivity contribution in [1.82, 2.24) is 0 Å². The maximum absolute atomic E-state index is 12.8. The van der Waals surface area contributed by atoms with E-state index < -0.39 is 6.10 Å². The number of esters is 3. The molecule has 0 saturated heterocycles. The molecule has 0 aromatic carbocycles. The van der Waals surface area contributed by atoms with Crippen LogP contribution in [0, 0.1) is 17.8 Å². The van der Waals surface area contributed by atoms with E-state index >= 15 is 0 Å². The molecule has 0 aliphatic rings. The first-order chi connectivity index (χ1) is 29.1. The first-order valence-electron chi connectivity index (χ1n) is 26.6. The maximum atomic E-state index is 12.8. The van der Waals surface area contributed by atoms with E-state index in [1.54, 1.807) is 0 Å². The topological polar surface area (TPSA) is 78.9 Å². The smallest absolute Gasteiger partial charge is 0.306 e. The molecule has 0 fully saturated rings. The number of carbonyl (C=O) groups is 3. The van der Waals surface area contributed by atoms with Crippen molar-refractivity contribution in [2.24, 2.45) is 17.8 Å². The van der Waals surface area contributed by atoms with Gasteiger partial charge in [0.05, 0.1) is 0 Å². The van der Waals surface area contributed by atoms with Gasteiger partial charge in [0.2, 0.25) is 0 Å². The SMILES string of the molecule is CC(C)CCCCCCCCCCCCCCC(=O)OC[C@@H](COC(=O)CCCCCCCCCCCC(C)C)OC(=O)CCCCCCCCCCCCCCC(C)C. The molecule has 0 rings (SSSR count). The number of ether oxygens (including phenoxy) is 3. The summed E-state index contributed by atoms with van der Waals surface area (Å²) in [6.45, 7) is 13.7. The van der Waals surface area contributed by atoms with Gasteiger partial charge < -0.3 is 14.2 Å². The fraction of sp³-hybridized carbons (Fsp3) is 0.944. The maximum Gasteiger partial charge on any atom is 0.306 e. The fourth-order valence-corrected chi connectivity index (χ4v) is 8.12. The van der Waals surface area contributed by atoms with Crippen molar-refractivity contribution < 1.29 is 28.6 Å². The zero-order valence-corrected chi connectivity index (χ0v) is 41.3. The van der Waals surface area contributed by atoms with Crippen molar-refractivity contribution >= 4 is 17.9 Å². The Kier molecular flexibility index (Phi) is 44.2. The van der Waals surface area contributed by atoms with Crippen molar-refractivity contribution in [2.75, 3.05) is 13.2 Å². The number of rotatable bonds is 47. The molecular formula is C54H104O6. The highest BCUT2D eigenvalue weighted by Gasteiger charge is 2.19. The van der Waals surface area contributed by atoms with Gasteiger partial charge in [-0.3, -0.25) is 14.4 Å². The lowest BCUT2D eigenvalue weighted by Crippen LogP contribution is -2.30. The van der Waals surface area contributed by atoms with Crippen LogP contribution in [0.4, 0.5) is 0 Å². The van der Waals surface area contributed by atoms with E-state index in [1.165, 1.54) is 173 Å². The van der Waals surface area contributed by atoms with E-state index in [2.05, 4.69) is 41.5 Å². The van der Waals surface area contributed by atoms with E-state index in [9.17, 15) is 14.4 Å². The second-order valence-electron chi connectivity index (χ2n) is 19.9. The van der Waals surface area contributed by atoms with Crippen LogP contribution in [0.1, 0.15) is 292 Å². The fourth-order valence-electron chi connectivity index (χ4n) is 8.12. The van der Waals surface area contributed by atoms with Crippen LogP contribution in [0.5, 0.6) is 0 Å². The molecule has 0 unspecified atom stereocenters. The first kappa shape index (κ1) is 58.4. The molecule has 6 heteroatoms. The lowest BCUT2D eigenvalue weighted by atomic mass is 10.0. The molecule has 0 N–H and O–H groups in total. The summed E-state index contributed by atoms with van der Waals surface area (Å²) in [5.41, 5.74) is 0. The Hall–Kier alpha value is -1.59. The predicted octanol–water partition coefficient (Wildman–Crippen LogP) is 17.2. The monoisotopic (exact) mass is 849 g/mol. The quantitative estimate of drug-likeness (QED) is 0.0345. The second kappa shape index (κ2) is 45.4. The summed E-state index contributed by atoms with van der Waals surface area (Å²) >= 11 is 0. The zero-order chi connectivity index (χ0) is 44.2. The minimum atomic E-state index is -0.763. The van der Waals surface area contributed by atoms with Gasteiger partial charge in [0.1, 0.15) is 13.2 Å². The molecule has 0 bridgehead atoms. The summed E-state index contributed by atoms with van der Waals surface area (Å²) in [7, 11) is 0. The van der Waals surface area contributed by atoms with Crippen molar-refractivity contribution in [3.63, 3.8) is 0 Å². The summed E-state index contributed by atoms with van der Waals surface area (Å²) in [4.78, 5) is 38.0. The number of carbonyl (C=O) groups excluding carboxylic acids is 3. The molecule has 0 heterocycles. The van der Waals surface area contributed by atoms with Gasteiger partial charge in [0.25, 0.3) is 0 Å². The minimum Gasteiger partial charge on any atom is -0.462 e. The largest absolute Gasteiger partial charge is 0.462 e. The molecule has 1 atom stereocenters. The summed E-state index contributed by atoms with van der Waals surface area (Å²) in [6.07, 6.45) is 45.2. The Bertz CT molecular complexity index is 929. The van der Waals surface area contributed by atoms with E-state index in [0.29, 0.717) is 19.3 Å². The van der Waals surface area contributed by atoms with Crippen LogP contribution in [0.25, 0.3) is 0 Å². The first-order valence-corrected chi connectivity index (χ1v) is 26.6. The van der Waals surface area contributed by atoms with Gasteiger partial charge in [-0.2, -0.15) is 0 Å². The lowest BCUT2D eigenvalue weighted by Gasteiger charge is -2.18. The van der Waals surface area contributed by atoms with E-state index in [0.717, 1.165) is 75.5 Å². The van der Waals surface area contributed by atoms with E-state index in [-0.39, 0.29) is 31.1 Å². The molecule has 0 radical (unpaired) electrons. The molecule has 356 valence electrons. The highest BCUT2D eigenvalue weighted by Crippen LogP contribution is 2.18. The van der Waals surface area contributed by atoms with Gasteiger partial charge in [0.15, 0.2) is 6.10 Å². The van der Waals surface area contributed by atoms with E-state index in [4.69, 9.17) is 14.2 Å². The number of unbranched alkanes of at least 4 members (excludes halogenated alkanes) is 30. The molecule has 6 nitrogen and oxygen atoms in total. The highest BCUT2D eigenvalue weighted by molar-refractivity contribution is 5.71. The van der Waals surface area contributed by atoms with Crippen LogP contribution in [0.3, 0.4) is 0 Å². The molecule has 60 heavy (non-hydrogen) atoms. The van der Waals surface area contributed by atoms with Crippen molar-refractivity contribution in [1.29, 1.82) is 0 Å². The van der Waals surface area contributed by atoms with Crippen molar-refractivity contribution in [2.45, 2.75) is 298 Å². The third kappa shape index (κ3) is 47.5. The van der Waals surface area contributed by atoms with Gasteiger partial charge in [-0.15, -0.1) is 0 Å². The molecule has 0 amide bonds. The Morgan fingerprint density at radius 1 is 0.283 bits per heavy atom. The van der Waals surface area contributed by atoms with E-state index in [1.807, 2.05) is 0 Å². The number of hydrogen-bond acceptors (Lipinski definition) is 6. The summed E-state index contributed by atoms with van der Waals surface area (Å²) in [5.74, 6) is 1.62. The zero-order valence-electron chi connectivity index (χ0n) is 41.3. The Balaban J connectivity index is 4.32. The van der Waals surface area contributed by atoms with Crippen molar-refractivity contribution in [3.8, 4) is 0 Å². The number of hydrogen-bond donors (Lipinski definition) is 0. The Morgan fingerprint density at radius 3 is 0.717 bits per heavy atom. The van der Waals surface area contributed by atoms with Gasteiger partial charge in [-0.05, 0) is 37.0 Å². The molecule has 0 aliphatic carbocycles. The van der Waals surface area contributed by atoms with Gasteiger partial charge in [-0.25, -0.2) is 0 Å². The molecule has 0 aliphatic heterocycles. The van der Waals surface area contributed by atoms with Gasteiger partial charge >= 0.3 is 17.9 Å². The third-order valence-electron chi connectivity index (χ3n) is 12.1. The molecule has 0 aromatic heterocycles. The van der Waals surface area contributed by atoms with Gasteiger partial charge in [-0.1, -0.05) is 253 Å². The molecule has 0 aromatic rings. The normalized spacial score (nSPS) is 12.2. The predicted molar refractivity (Wildman–Crippen MR) is 256 cm³/mol. The summed E-state index contributed by atoms with van der Waals surface area (Å²) in [6, 6.07) is 0. The standard InChI is InChI=1S/C54H104O6/c1-48(2)40-34-28-22-16-11-7-9-13-19-25-31-37-43-52(55)58-46-51(47-59-53(56)44-38-32-26-21-15-18-24-30-36-42-50(5)6)60-54(57)45-39-33-27-20-14-10-8-12-17-23-29-35-41-49(3)4/h48-51H,7-47H2,1-6H3/t51-/m0/s1. The van der Waals surface area contributed by atoms with Gasteiger partial charge in [0, 0.05) is 19.3 Å². The highest BCUT2D eigenvalue weighted by atomic mass is 16.6. The van der Waals surface area contributed by atoms with Crippen LogP contribution in [-0.4, -0.2) is 37.2 Å². The van der Waals surface area contributed by atoms with Crippen LogP contribution in [-0.2, 0) is 28.6 Å². The van der Waals surface area contributed by atoms with Crippen molar-refractivity contribution in [3.05, 3.63) is 0 Å². The molecule has 0 spiro atoms. The summed E-state index contributed by atoms with van der Waals surface area (Å²) < 4.78 is 16.8. The average molecular weight is 849 g/mol. The molecular weight excluding hydrogens is 745 g/mol. The van der Waals surface area contributed by atoms with Crippen LogP contribution >= 0.6 is 0 Å². The average Bonchev–Trinajstić information content (AvgIpc) is 3.20. The lowest BCUT2D eigenvalue weighted by molar-refractivity contribution is -0.167. The Labute approximate surface area is 374 Å². The van der Waals surface area contributed by atoms with Crippen LogP contribution in [0.2, 0.25) is 0 Å². The minimum absolute atomic E-state index is 0.0645. The Morgan fingerprint density at radius 2 is 0.483 bits per heavy atom. The summed E-state index contributed by atoms with van der Waals surface area (Å²) in [5, 5.41) is 0. The second-order valence-corrected chi connectivity index (χ2v) is 19.9. The van der Waals surface area contributed by atoms with Crippen LogP contribution < -0.4 is 0 Å². The molecule has 0 saturated carbocycles. The third-order valence-corrected chi connectivity index (χ3v) is 12.1. The van der Waals surface area contributed by atoms with Crippen LogP contribution in [0.15, 0.2) is 0 Å².